The van der Waals surface area contributed by atoms with E-state index in [0.29, 0.717) is 11.5 Å². The number of hydrogen-bond donors (Lipinski definition) is 1. The van der Waals surface area contributed by atoms with Crippen LogP contribution in [0.2, 0.25) is 0 Å². The van der Waals surface area contributed by atoms with Gasteiger partial charge in [0, 0.05) is 11.1 Å². The van der Waals surface area contributed by atoms with Crippen molar-refractivity contribution in [2.75, 3.05) is 5.32 Å². The number of anilines is 1. The molecule has 1 N–H and O–H groups in total. The van der Waals surface area contributed by atoms with Crippen LogP contribution in [0.1, 0.15) is 0 Å². The third kappa shape index (κ3) is 3.48. The van der Waals surface area contributed by atoms with Gasteiger partial charge in [0.1, 0.15) is 11.5 Å². The fourth-order valence-electron chi connectivity index (χ4n) is 2.22. The lowest BCUT2D eigenvalue weighted by Gasteiger charge is -2.11. The smallest absolute Gasteiger partial charge is 0.457 e. The third-order valence-electron chi connectivity index (χ3n) is 3.35. The zero-order valence-electron chi connectivity index (χ0n) is 12.3. The fourth-order valence-corrected chi connectivity index (χ4v) is 2.22. The Bertz CT molecular complexity index is 868. The Morgan fingerprint density at radius 1 is 0.875 bits per heavy atom. The van der Waals surface area contributed by atoms with Gasteiger partial charge in [0.2, 0.25) is 0 Å². The Morgan fingerprint density at radius 3 is 2.25 bits per heavy atom. The molecule has 0 saturated carbocycles. The van der Waals surface area contributed by atoms with Gasteiger partial charge in [0.05, 0.1) is 0 Å². The molecule has 3 rings (SSSR count). The van der Waals surface area contributed by atoms with E-state index in [9.17, 15) is 18.0 Å². The van der Waals surface area contributed by atoms with Gasteiger partial charge in [0.15, 0.2) is 0 Å². The summed E-state index contributed by atoms with van der Waals surface area (Å²) in [5.74, 6) is -0.915. The molecule has 0 fully saturated rings. The van der Waals surface area contributed by atoms with Crippen LogP contribution in [0.5, 0.6) is 11.5 Å². The van der Waals surface area contributed by atoms with Crippen molar-refractivity contribution in [2.24, 2.45) is 0 Å². The van der Waals surface area contributed by atoms with Crippen molar-refractivity contribution in [3.8, 4) is 11.5 Å². The molecule has 0 atom stereocenters. The second kappa shape index (κ2) is 6.23. The molecule has 0 aliphatic rings. The van der Waals surface area contributed by atoms with E-state index in [1.165, 1.54) is 24.3 Å². The van der Waals surface area contributed by atoms with E-state index < -0.39 is 12.1 Å². The number of carbonyl (C=O) groups is 1. The first kappa shape index (κ1) is 15.9. The summed E-state index contributed by atoms with van der Waals surface area (Å²) in [5, 5.41) is 3.73. The van der Waals surface area contributed by atoms with E-state index in [0.717, 1.165) is 10.8 Å². The van der Waals surface area contributed by atoms with Crippen molar-refractivity contribution in [3.05, 3.63) is 66.7 Å². The summed E-state index contributed by atoms with van der Waals surface area (Å²) >= 11 is 0. The highest BCUT2D eigenvalue weighted by atomic mass is 19.4. The van der Waals surface area contributed by atoms with Crippen molar-refractivity contribution < 1.29 is 22.7 Å². The maximum Gasteiger partial charge on any atom is 0.471 e. The second-order valence-corrected chi connectivity index (χ2v) is 5.06. The summed E-state index contributed by atoms with van der Waals surface area (Å²) in [5.41, 5.74) is 0.0441. The van der Waals surface area contributed by atoms with Gasteiger partial charge >= 0.3 is 12.1 Å². The third-order valence-corrected chi connectivity index (χ3v) is 3.35. The van der Waals surface area contributed by atoms with E-state index in [1.807, 2.05) is 42.5 Å². The number of nitrogens with one attached hydrogen (secondary N) is 1. The van der Waals surface area contributed by atoms with Crippen LogP contribution in [-0.4, -0.2) is 12.1 Å². The van der Waals surface area contributed by atoms with Crippen molar-refractivity contribution in [2.45, 2.75) is 6.18 Å². The first-order valence-corrected chi connectivity index (χ1v) is 7.07. The average Bonchev–Trinajstić information content (AvgIpc) is 2.56. The number of carbonyl (C=O) groups excluding carboxylic acids is 1. The van der Waals surface area contributed by atoms with Gasteiger partial charge < -0.3 is 10.1 Å². The van der Waals surface area contributed by atoms with Crippen molar-refractivity contribution in [3.63, 3.8) is 0 Å². The maximum absolute atomic E-state index is 12.2. The van der Waals surface area contributed by atoms with Crippen LogP contribution in [0, 0.1) is 0 Å². The maximum atomic E-state index is 12.2. The van der Waals surface area contributed by atoms with Crippen molar-refractivity contribution >= 4 is 22.4 Å². The lowest BCUT2D eigenvalue weighted by atomic mass is 10.1. The Labute approximate surface area is 135 Å². The number of benzene rings is 3. The molecule has 24 heavy (non-hydrogen) atoms. The molecular formula is C18H12F3NO2. The van der Waals surface area contributed by atoms with Crippen LogP contribution >= 0.6 is 0 Å². The zero-order chi connectivity index (χ0) is 17.2. The molecule has 0 aromatic heterocycles. The predicted octanol–water partition coefficient (Wildman–Crippen LogP) is 5.13. The molecule has 3 nitrogen and oxygen atoms in total. The van der Waals surface area contributed by atoms with E-state index in [4.69, 9.17) is 4.74 Å². The number of amides is 1. The number of alkyl halides is 3. The first-order chi connectivity index (χ1) is 11.4. The normalized spacial score (nSPS) is 11.3. The van der Waals surface area contributed by atoms with E-state index in [2.05, 4.69) is 0 Å². The van der Waals surface area contributed by atoms with Crippen molar-refractivity contribution in [1.29, 1.82) is 0 Å². The van der Waals surface area contributed by atoms with Gasteiger partial charge in [-0.15, -0.1) is 0 Å². The SMILES string of the molecule is O=C(Nc1ccc(Oc2cccc3ccccc23)cc1)C(F)(F)F. The molecule has 0 aliphatic heterocycles. The van der Waals surface area contributed by atoms with E-state index >= 15 is 0 Å². The van der Waals surface area contributed by atoms with Crippen LogP contribution < -0.4 is 10.1 Å². The van der Waals surface area contributed by atoms with Crippen LogP contribution in [0.25, 0.3) is 10.8 Å². The number of hydrogen-bond acceptors (Lipinski definition) is 2. The first-order valence-electron chi connectivity index (χ1n) is 7.07. The van der Waals surface area contributed by atoms with Gasteiger partial charge in [0.25, 0.3) is 0 Å². The van der Waals surface area contributed by atoms with Gasteiger partial charge in [-0.2, -0.15) is 13.2 Å². The summed E-state index contributed by atoms with van der Waals surface area (Å²) in [4.78, 5) is 10.9. The minimum atomic E-state index is -4.92. The molecule has 1 amide bonds. The fraction of sp³-hybridized carbons (Fsp3) is 0.0556. The summed E-state index contributed by atoms with van der Waals surface area (Å²) < 4.78 is 42.4. The number of fused-ring (bicyclic) bond motifs is 1. The molecule has 0 radical (unpaired) electrons. The predicted molar refractivity (Wildman–Crippen MR) is 85.1 cm³/mol. The minimum Gasteiger partial charge on any atom is -0.457 e. The number of ether oxygens (including phenoxy) is 1. The zero-order valence-corrected chi connectivity index (χ0v) is 12.3. The summed E-state index contributed by atoms with van der Waals surface area (Å²) in [7, 11) is 0. The van der Waals surface area contributed by atoms with E-state index in [1.54, 1.807) is 5.32 Å². The molecule has 0 unspecified atom stereocenters. The molecule has 0 saturated heterocycles. The van der Waals surface area contributed by atoms with Crippen molar-refractivity contribution in [1.82, 2.24) is 0 Å². The van der Waals surface area contributed by atoms with Crippen LogP contribution in [-0.2, 0) is 4.79 Å². The monoisotopic (exact) mass is 331 g/mol. The Balaban J connectivity index is 1.78. The quantitative estimate of drug-likeness (QED) is 0.722. The molecular weight excluding hydrogens is 319 g/mol. The van der Waals surface area contributed by atoms with Gasteiger partial charge in [-0.05, 0) is 35.7 Å². The Kier molecular flexibility index (Phi) is 4.12. The summed E-state index contributed by atoms with van der Waals surface area (Å²) in [6, 6.07) is 19.0. The minimum absolute atomic E-state index is 0.0441. The summed E-state index contributed by atoms with van der Waals surface area (Å²) in [6.07, 6.45) is -4.92. The van der Waals surface area contributed by atoms with Crippen LogP contribution in [0.4, 0.5) is 18.9 Å². The summed E-state index contributed by atoms with van der Waals surface area (Å²) in [6.45, 7) is 0. The molecule has 6 heteroatoms. The largest absolute Gasteiger partial charge is 0.471 e. The lowest BCUT2D eigenvalue weighted by molar-refractivity contribution is -0.167. The van der Waals surface area contributed by atoms with Gasteiger partial charge in [-0.3, -0.25) is 4.79 Å². The highest BCUT2D eigenvalue weighted by Crippen LogP contribution is 2.30. The highest BCUT2D eigenvalue weighted by Gasteiger charge is 2.38. The Morgan fingerprint density at radius 2 is 1.54 bits per heavy atom. The van der Waals surface area contributed by atoms with Crippen LogP contribution in [0.3, 0.4) is 0 Å². The topological polar surface area (TPSA) is 38.3 Å². The standard InChI is InChI=1S/C18H12F3NO2/c19-18(20,21)17(23)22-13-8-10-14(11-9-13)24-16-7-3-5-12-4-1-2-6-15(12)16/h1-11H,(H,22,23). The molecule has 0 bridgehead atoms. The second-order valence-electron chi connectivity index (χ2n) is 5.06. The van der Waals surface area contributed by atoms with Gasteiger partial charge in [-0.25, -0.2) is 0 Å². The van der Waals surface area contributed by atoms with Crippen LogP contribution in [0.15, 0.2) is 66.7 Å². The average molecular weight is 331 g/mol. The molecule has 0 aliphatic carbocycles. The van der Waals surface area contributed by atoms with E-state index in [-0.39, 0.29) is 5.69 Å². The molecule has 3 aromatic carbocycles. The number of halogens is 3. The molecule has 122 valence electrons. The molecule has 3 aromatic rings. The molecule has 0 spiro atoms. The lowest BCUT2D eigenvalue weighted by Crippen LogP contribution is -2.29. The van der Waals surface area contributed by atoms with Gasteiger partial charge in [-0.1, -0.05) is 36.4 Å². The number of rotatable bonds is 3. The molecule has 0 heterocycles. The highest BCUT2D eigenvalue weighted by molar-refractivity contribution is 5.95. The Hall–Kier alpha value is -3.02.